The molecular formula is C22H20BrClN6O6S2. The van der Waals surface area contributed by atoms with Gasteiger partial charge in [-0.15, -0.1) is 16.4 Å². The first-order chi connectivity index (χ1) is 18.2. The molecule has 1 fully saturated rings. The molecule has 0 aliphatic carbocycles. The highest BCUT2D eigenvalue weighted by atomic mass is 79.9. The molecule has 0 aromatic carbocycles. The number of thioether (sulfide) groups is 1. The minimum absolute atomic E-state index is 0.190. The van der Waals surface area contributed by atoms with E-state index in [9.17, 15) is 14.9 Å². The molecule has 0 saturated carbocycles. The summed E-state index contributed by atoms with van der Waals surface area (Å²) in [6.07, 6.45) is 0.518. The Morgan fingerprint density at radius 1 is 1.34 bits per heavy atom. The second-order valence-electron chi connectivity index (χ2n) is 7.90. The number of thiazole rings is 1. The molecule has 1 aliphatic heterocycles. The lowest BCUT2D eigenvalue weighted by molar-refractivity contribution is -0.208. The van der Waals surface area contributed by atoms with Gasteiger partial charge in [-0.05, 0) is 22.0 Å². The van der Waals surface area contributed by atoms with Gasteiger partial charge < -0.3 is 18.9 Å². The van der Waals surface area contributed by atoms with E-state index in [-0.39, 0.29) is 12.3 Å². The highest BCUT2D eigenvalue weighted by Crippen LogP contribution is 2.42. The first-order valence-electron chi connectivity index (χ1n) is 10.9. The molecular weight excluding hydrogens is 624 g/mol. The van der Waals surface area contributed by atoms with Gasteiger partial charge in [-0.3, -0.25) is 9.59 Å². The molecule has 16 heteroatoms. The molecule has 0 amide bonds. The van der Waals surface area contributed by atoms with E-state index in [0.29, 0.717) is 25.2 Å². The zero-order valence-electron chi connectivity index (χ0n) is 20.1. The van der Waals surface area contributed by atoms with Crippen LogP contribution in [0.4, 0.5) is 0 Å². The number of nitrogens with zero attached hydrogens (tertiary/aromatic N) is 6. The van der Waals surface area contributed by atoms with Gasteiger partial charge in [0.2, 0.25) is 0 Å². The summed E-state index contributed by atoms with van der Waals surface area (Å²) < 4.78 is 25.2. The van der Waals surface area contributed by atoms with E-state index in [4.69, 9.17) is 30.5 Å². The largest absolute Gasteiger partial charge is 0.463 e. The zero-order chi connectivity index (χ0) is 27.4. The summed E-state index contributed by atoms with van der Waals surface area (Å²) in [7, 11) is 1.48. The fourth-order valence-electron chi connectivity index (χ4n) is 3.82. The Morgan fingerprint density at radius 2 is 2.13 bits per heavy atom. The fraction of sp³-hybridized carbons (Fsp3) is 0.409. The molecule has 5 atom stereocenters. The number of methoxy groups -OCH3 is 1. The SMILES string of the molecule is COC1C(Sc2cc(Br)cnc2C#N)OC(COC(C)=O)C(OC(C)=O)C1n1cc(-c2nc(Cl)cs2)nn1. The maximum absolute atomic E-state index is 12.1. The molecule has 4 rings (SSSR count). The minimum Gasteiger partial charge on any atom is -0.463 e. The van der Waals surface area contributed by atoms with Gasteiger partial charge in [0.15, 0.2) is 11.8 Å². The standard InChI is InChI=1S/C22H20BrClN6O6S2/c1-10(31)34-8-15-19(35-11(2)32)18(30-7-14(28-29-30)21-27-17(24)9-37-21)20(33-3)22(36-15)38-16-4-12(23)6-26-13(16)5-25/h4,6-7,9,15,18-20,22H,8H2,1-3H3. The van der Waals surface area contributed by atoms with Gasteiger partial charge in [-0.1, -0.05) is 28.6 Å². The predicted octanol–water partition coefficient (Wildman–Crippen LogP) is 3.65. The Hall–Kier alpha value is -2.61. The van der Waals surface area contributed by atoms with Crippen LogP contribution in [-0.2, 0) is 28.5 Å². The maximum atomic E-state index is 12.1. The molecule has 200 valence electrons. The Morgan fingerprint density at radius 3 is 2.76 bits per heavy atom. The Bertz CT molecular complexity index is 1370. The average molecular weight is 644 g/mol. The number of ether oxygens (including phenoxy) is 4. The van der Waals surface area contributed by atoms with Crippen LogP contribution in [0.2, 0.25) is 5.15 Å². The van der Waals surface area contributed by atoms with E-state index in [0.717, 1.165) is 0 Å². The van der Waals surface area contributed by atoms with Crippen molar-refractivity contribution in [2.75, 3.05) is 13.7 Å². The first-order valence-corrected chi connectivity index (χ1v) is 13.9. The van der Waals surface area contributed by atoms with E-state index >= 15 is 0 Å². The molecule has 3 aromatic heterocycles. The van der Waals surface area contributed by atoms with Crippen molar-refractivity contribution < 1.29 is 28.5 Å². The Labute approximate surface area is 238 Å². The smallest absolute Gasteiger partial charge is 0.303 e. The number of rotatable bonds is 8. The van der Waals surface area contributed by atoms with Crippen LogP contribution in [0.3, 0.4) is 0 Å². The summed E-state index contributed by atoms with van der Waals surface area (Å²) in [6, 6.07) is 3.04. The molecule has 4 heterocycles. The van der Waals surface area contributed by atoms with E-state index in [1.54, 1.807) is 17.6 Å². The second kappa shape index (κ2) is 12.5. The second-order valence-corrected chi connectivity index (χ2v) is 11.2. The van der Waals surface area contributed by atoms with Crippen molar-refractivity contribution in [3.05, 3.63) is 39.2 Å². The van der Waals surface area contributed by atoms with Crippen molar-refractivity contribution in [3.8, 4) is 16.8 Å². The molecule has 3 aromatic rings. The normalized spacial score (nSPS) is 23.0. The van der Waals surface area contributed by atoms with Gasteiger partial charge in [-0.25, -0.2) is 14.6 Å². The highest BCUT2D eigenvalue weighted by molar-refractivity contribution is 9.10. The number of nitriles is 1. The molecule has 38 heavy (non-hydrogen) atoms. The van der Waals surface area contributed by atoms with Crippen LogP contribution in [0, 0.1) is 11.3 Å². The van der Waals surface area contributed by atoms with Crippen molar-refractivity contribution in [1.82, 2.24) is 25.0 Å². The number of hydrogen-bond donors (Lipinski definition) is 0. The monoisotopic (exact) mass is 642 g/mol. The lowest BCUT2D eigenvalue weighted by Gasteiger charge is -2.44. The van der Waals surface area contributed by atoms with E-state index in [2.05, 4.69) is 42.3 Å². The summed E-state index contributed by atoms with van der Waals surface area (Å²) in [5.74, 6) is -1.11. The summed E-state index contributed by atoms with van der Waals surface area (Å²) >= 11 is 11.8. The highest BCUT2D eigenvalue weighted by Gasteiger charge is 2.50. The van der Waals surface area contributed by atoms with Crippen LogP contribution in [-0.4, -0.2) is 74.4 Å². The molecule has 12 nitrogen and oxygen atoms in total. The number of pyridine rings is 1. The van der Waals surface area contributed by atoms with E-state index in [1.807, 2.05) is 0 Å². The third-order valence-corrected chi connectivity index (χ3v) is 8.12. The van der Waals surface area contributed by atoms with Crippen molar-refractivity contribution in [1.29, 1.82) is 5.26 Å². The molecule has 1 saturated heterocycles. The fourth-order valence-corrected chi connectivity index (χ4v) is 6.46. The lowest BCUT2D eigenvalue weighted by atomic mass is 9.96. The van der Waals surface area contributed by atoms with Crippen LogP contribution in [0.1, 0.15) is 25.6 Å². The van der Waals surface area contributed by atoms with Crippen LogP contribution in [0.15, 0.2) is 33.2 Å². The first kappa shape index (κ1) is 28.4. The van der Waals surface area contributed by atoms with Gasteiger partial charge in [0.1, 0.15) is 52.2 Å². The van der Waals surface area contributed by atoms with Crippen LogP contribution < -0.4 is 0 Å². The topological polar surface area (TPSA) is 151 Å². The minimum atomic E-state index is -0.973. The number of carbonyl (C=O) groups excluding carboxylic acids is 2. The van der Waals surface area contributed by atoms with Gasteiger partial charge in [-0.2, -0.15) is 5.26 Å². The van der Waals surface area contributed by atoms with Crippen LogP contribution in [0.5, 0.6) is 0 Å². The summed E-state index contributed by atoms with van der Waals surface area (Å²) in [5, 5.41) is 20.6. The molecule has 0 spiro atoms. The number of aromatic nitrogens is 5. The van der Waals surface area contributed by atoms with E-state index < -0.39 is 41.7 Å². The third-order valence-electron chi connectivity index (χ3n) is 5.32. The molecule has 0 radical (unpaired) electrons. The number of carbonyl (C=O) groups is 2. The number of esters is 2. The van der Waals surface area contributed by atoms with Gasteiger partial charge >= 0.3 is 11.9 Å². The molecule has 1 aliphatic rings. The van der Waals surface area contributed by atoms with Gasteiger partial charge in [0.05, 0.1) is 6.20 Å². The quantitative estimate of drug-likeness (QED) is 0.330. The molecule has 0 N–H and O–H groups in total. The van der Waals surface area contributed by atoms with Crippen LogP contribution in [0.25, 0.3) is 10.7 Å². The van der Waals surface area contributed by atoms with Crippen LogP contribution >= 0.6 is 50.6 Å². The average Bonchev–Trinajstić information content (AvgIpc) is 3.52. The molecule has 5 unspecified atom stereocenters. The van der Waals surface area contributed by atoms with Gasteiger partial charge in [0.25, 0.3) is 0 Å². The molecule has 0 bridgehead atoms. The Kier molecular flexibility index (Phi) is 9.34. The van der Waals surface area contributed by atoms with Crippen molar-refractivity contribution >= 4 is 62.6 Å². The zero-order valence-corrected chi connectivity index (χ0v) is 24.1. The Balaban J connectivity index is 1.77. The van der Waals surface area contributed by atoms with Crippen molar-refractivity contribution in [2.24, 2.45) is 0 Å². The summed E-state index contributed by atoms with van der Waals surface area (Å²) in [5.41, 5.74) is -0.119. The van der Waals surface area contributed by atoms with E-state index in [1.165, 1.54) is 54.9 Å². The summed E-state index contributed by atoms with van der Waals surface area (Å²) in [4.78, 5) is 32.7. The van der Waals surface area contributed by atoms with Crippen molar-refractivity contribution in [3.63, 3.8) is 0 Å². The number of hydrogen-bond acceptors (Lipinski definition) is 13. The lowest BCUT2D eigenvalue weighted by Crippen LogP contribution is -2.57. The van der Waals surface area contributed by atoms with Crippen molar-refractivity contribution in [2.45, 2.75) is 48.5 Å². The maximum Gasteiger partial charge on any atom is 0.303 e. The number of halogens is 2. The third kappa shape index (κ3) is 6.50. The van der Waals surface area contributed by atoms with Gasteiger partial charge in [0, 0.05) is 41.9 Å². The predicted molar refractivity (Wildman–Crippen MR) is 139 cm³/mol. The summed E-state index contributed by atoms with van der Waals surface area (Å²) in [6.45, 7) is 2.32.